The molecule has 0 aliphatic rings. The lowest BCUT2D eigenvalue weighted by Crippen LogP contribution is -2.49. The Balaban J connectivity index is 2.41. The normalized spacial score (nSPS) is 13.8. The minimum absolute atomic E-state index is 0.361. The summed E-state index contributed by atoms with van der Waals surface area (Å²) in [6, 6.07) is 8.41. The zero-order valence-electron chi connectivity index (χ0n) is 26.3. The first-order valence-corrected chi connectivity index (χ1v) is 16.1. The zero-order chi connectivity index (χ0) is 30.5. The summed E-state index contributed by atoms with van der Waals surface area (Å²) in [5.41, 5.74) is 0.209. The van der Waals surface area contributed by atoms with Crippen LogP contribution in [0.25, 0.3) is 0 Å². The van der Waals surface area contributed by atoms with Crippen molar-refractivity contribution in [3.63, 3.8) is 0 Å². The Bertz CT molecular complexity index is 904. The van der Waals surface area contributed by atoms with E-state index in [2.05, 4.69) is 50.4 Å². The van der Waals surface area contributed by atoms with Gasteiger partial charge >= 0.3 is 5.97 Å². The first kappa shape index (κ1) is 36.6. The highest BCUT2D eigenvalue weighted by Gasteiger charge is 2.42. The van der Waals surface area contributed by atoms with E-state index >= 15 is 0 Å². The van der Waals surface area contributed by atoms with E-state index < -0.39 is 23.4 Å². The van der Waals surface area contributed by atoms with Crippen LogP contribution in [0.5, 0.6) is 0 Å². The molecule has 232 valence electrons. The van der Waals surface area contributed by atoms with Crippen LogP contribution in [0, 0.1) is 11.8 Å². The molecule has 0 aromatic heterocycles. The lowest BCUT2D eigenvalue weighted by Gasteiger charge is -2.25. The minimum atomic E-state index is -2.20. The number of unbranched alkanes of at least 4 members (excludes halogenated alkanes) is 8. The maximum Gasteiger partial charge on any atom is 0.336 e. The van der Waals surface area contributed by atoms with Crippen molar-refractivity contribution in [1.82, 2.24) is 5.32 Å². The van der Waals surface area contributed by atoms with Crippen molar-refractivity contribution < 1.29 is 24.6 Å². The quantitative estimate of drug-likeness (QED) is 0.0875. The van der Waals surface area contributed by atoms with Gasteiger partial charge < -0.3 is 15.5 Å². The number of aliphatic hydroxyl groups is 1. The van der Waals surface area contributed by atoms with E-state index in [-0.39, 0.29) is 0 Å². The number of benzene rings is 1. The molecule has 1 aromatic carbocycles. The van der Waals surface area contributed by atoms with Crippen LogP contribution in [-0.2, 0) is 27.2 Å². The van der Waals surface area contributed by atoms with Crippen molar-refractivity contribution >= 4 is 17.7 Å². The summed E-state index contributed by atoms with van der Waals surface area (Å²) in [4.78, 5) is 36.6. The molecule has 0 fully saturated rings. The maximum absolute atomic E-state index is 12.9. The van der Waals surface area contributed by atoms with Gasteiger partial charge in [0.15, 0.2) is 5.60 Å². The molecule has 41 heavy (non-hydrogen) atoms. The molecule has 2 atom stereocenters. The number of amides is 1. The second-order valence-corrected chi connectivity index (χ2v) is 12.2. The SMILES string of the molecule is CCCCCCCC(=O)CCCCCCC=C[C@H](C(=O)NCCc1ccc(CCCC(C)C)cc1)[C@](C)(O)C(=O)O. The summed E-state index contributed by atoms with van der Waals surface area (Å²) in [5, 5.41) is 22.9. The Morgan fingerprint density at radius 3 is 1.98 bits per heavy atom. The van der Waals surface area contributed by atoms with Crippen LogP contribution in [0.2, 0.25) is 0 Å². The number of aliphatic carboxylic acids is 1. The summed E-state index contributed by atoms with van der Waals surface area (Å²) in [6.07, 6.45) is 19.0. The molecule has 0 saturated heterocycles. The molecule has 1 aromatic rings. The van der Waals surface area contributed by atoms with Crippen LogP contribution in [0.4, 0.5) is 0 Å². The first-order chi connectivity index (χ1) is 19.6. The van der Waals surface area contributed by atoms with Gasteiger partial charge in [-0.2, -0.15) is 0 Å². The van der Waals surface area contributed by atoms with Gasteiger partial charge in [-0.05, 0) is 68.9 Å². The van der Waals surface area contributed by atoms with Gasteiger partial charge in [-0.15, -0.1) is 0 Å². The van der Waals surface area contributed by atoms with Crippen molar-refractivity contribution in [2.45, 2.75) is 136 Å². The van der Waals surface area contributed by atoms with Gasteiger partial charge in [0.1, 0.15) is 5.78 Å². The summed E-state index contributed by atoms with van der Waals surface area (Å²) in [6.45, 7) is 8.19. The molecule has 6 nitrogen and oxygen atoms in total. The molecule has 0 spiro atoms. The van der Waals surface area contributed by atoms with Crippen molar-refractivity contribution in [2.24, 2.45) is 11.8 Å². The van der Waals surface area contributed by atoms with E-state index in [0.29, 0.717) is 43.9 Å². The Morgan fingerprint density at radius 1 is 0.854 bits per heavy atom. The van der Waals surface area contributed by atoms with Gasteiger partial charge in [0.2, 0.25) is 5.91 Å². The van der Waals surface area contributed by atoms with Gasteiger partial charge in [-0.25, -0.2) is 4.79 Å². The number of nitrogens with one attached hydrogen (secondary N) is 1. The number of carboxylic acid groups (broad SMARTS) is 1. The Kier molecular flexibility index (Phi) is 19.0. The third-order valence-electron chi connectivity index (χ3n) is 7.77. The fourth-order valence-electron chi connectivity index (χ4n) is 4.91. The third-order valence-corrected chi connectivity index (χ3v) is 7.77. The zero-order valence-corrected chi connectivity index (χ0v) is 26.3. The molecule has 1 rings (SSSR count). The number of allylic oxidation sites excluding steroid dienone is 1. The number of carbonyl (C=O) groups excluding carboxylic acids is 2. The topological polar surface area (TPSA) is 104 Å². The number of hydrogen-bond donors (Lipinski definition) is 3. The molecule has 1 amide bonds. The van der Waals surface area contributed by atoms with E-state index in [1.807, 2.05) is 0 Å². The van der Waals surface area contributed by atoms with Gasteiger partial charge in [-0.3, -0.25) is 9.59 Å². The molecular weight excluding hydrogens is 514 g/mol. The first-order valence-electron chi connectivity index (χ1n) is 16.1. The Morgan fingerprint density at radius 2 is 1.41 bits per heavy atom. The molecule has 3 N–H and O–H groups in total. The van der Waals surface area contributed by atoms with Crippen LogP contribution in [0.1, 0.15) is 129 Å². The Labute approximate surface area is 249 Å². The fourth-order valence-corrected chi connectivity index (χ4v) is 4.91. The van der Waals surface area contributed by atoms with Crippen molar-refractivity contribution in [2.75, 3.05) is 6.54 Å². The number of rotatable bonds is 24. The highest BCUT2D eigenvalue weighted by molar-refractivity contribution is 5.90. The maximum atomic E-state index is 12.9. The van der Waals surface area contributed by atoms with E-state index in [0.717, 1.165) is 50.5 Å². The lowest BCUT2D eigenvalue weighted by molar-refractivity contribution is -0.163. The summed E-state index contributed by atoms with van der Waals surface area (Å²) in [7, 11) is 0. The fraction of sp³-hybridized carbons (Fsp3) is 0.686. The monoisotopic (exact) mass is 571 g/mol. The van der Waals surface area contributed by atoms with Gasteiger partial charge in [0, 0.05) is 19.4 Å². The minimum Gasteiger partial charge on any atom is -0.479 e. The number of Topliss-reactive ketones (excluding diaryl/α,β-unsaturated/α-hetero) is 1. The predicted molar refractivity (Wildman–Crippen MR) is 168 cm³/mol. The van der Waals surface area contributed by atoms with Gasteiger partial charge in [0.05, 0.1) is 5.92 Å². The molecule has 0 aliphatic heterocycles. The smallest absolute Gasteiger partial charge is 0.336 e. The van der Waals surface area contributed by atoms with Crippen molar-refractivity contribution in [3.05, 3.63) is 47.5 Å². The standard InChI is InChI=1S/C35H57NO5/c1-5-6-7-10-13-19-31(37)20-14-11-8-9-12-15-21-32(35(4,41)34(39)40)33(38)36-27-26-30-24-22-29(23-25-30)18-16-17-28(2)3/h15,21-25,28,32,41H,5-14,16-20,26-27H2,1-4H3,(H,36,38)(H,39,40)/t32-,35+/m1/s1. The summed E-state index contributed by atoms with van der Waals surface area (Å²) in [5.74, 6) is -2.03. The number of carboxylic acids is 1. The van der Waals surface area contributed by atoms with E-state index in [1.165, 1.54) is 50.7 Å². The summed E-state index contributed by atoms with van der Waals surface area (Å²) < 4.78 is 0. The highest BCUT2D eigenvalue weighted by atomic mass is 16.4. The predicted octanol–water partition coefficient (Wildman–Crippen LogP) is 7.60. The number of aryl methyl sites for hydroxylation is 1. The Hall–Kier alpha value is -2.47. The van der Waals surface area contributed by atoms with Gasteiger partial charge in [0.25, 0.3) is 0 Å². The van der Waals surface area contributed by atoms with E-state index in [4.69, 9.17) is 0 Å². The number of ketones is 1. The largest absolute Gasteiger partial charge is 0.479 e. The molecule has 6 heteroatoms. The highest BCUT2D eigenvalue weighted by Crippen LogP contribution is 2.21. The molecule has 0 unspecified atom stereocenters. The van der Waals surface area contributed by atoms with Crippen molar-refractivity contribution in [3.8, 4) is 0 Å². The van der Waals surface area contributed by atoms with Crippen LogP contribution < -0.4 is 5.32 Å². The van der Waals surface area contributed by atoms with E-state index in [1.54, 1.807) is 6.08 Å². The molecule has 0 bridgehead atoms. The second kappa shape index (κ2) is 21.3. The average Bonchev–Trinajstić information content (AvgIpc) is 2.92. The third kappa shape index (κ3) is 16.5. The lowest BCUT2D eigenvalue weighted by atomic mass is 9.87. The number of hydrogen-bond acceptors (Lipinski definition) is 4. The molecule has 0 aliphatic carbocycles. The molecule has 0 radical (unpaired) electrons. The molecule has 0 saturated carbocycles. The van der Waals surface area contributed by atoms with Gasteiger partial charge in [-0.1, -0.05) is 102 Å². The summed E-state index contributed by atoms with van der Waals surface area (Å²) >= 11 is 0. The van der Waals surface area contributed by atoms with Crippen molar-refractivity contribution in [1.29, 1.82) is 0 Å². The van der Waals surface area contributed by atoms with Crippen LogP contribution in [0.3, 0.4) is 0 Å². The molecular formula is C35H57NO5. The average molecular weight is 572 g/mol. The van der Waals surface area contributed by atoms with Crippen LogP contribution >= 0.6 is 0 Å². The van der Waals surface area contributed by atoms with E-state index in [9.17, 15) is 24.6 Å². The second-order valence-electron chi connectivity index (χ2n) is 12.2. The molecule has 0 heterocycles. The van der Waals surface area contributed by atoms with Crippen LogP contribution in [-0.4, -0.2) is 40.0 Å². The number of carbonyl (C=O) groups is 3. The van der Waals surface area contributed by atoms with Crippen LogP contribution in [0.15, 0.2) is 36.4 Å².